The lowest BCUT2D eigenvalue weighted by Crippen LogP contribution is -2.23. The summed E-state index contributed by atoms with van der Waals surface area (Å²) in [6.45, 7) is 4.25. The van der Waals surface area contributed by atoms with Gasteiger partial charge in [0.15, 0.2) is 9.84 Å². The van der Waals surface area contributed by atoms with Crippen molar-refractivity contribution in [1.29, 1.82) is 0 Å². The van der Waals surface area contributed by atoms with Gasteiger partial charge in [0.25, 0.3) is 5.91 Å². The van der Waals surface area contributed by atoms with Crippen LogP contribution in [0.4, 0.5) is 0 Å². The number of benzene rings is 2. The average Bonchev–Trinajstić information content (AvgIpc) is 2.72. The lowest BCUT2D eigenvalue weighted by molar-refractivity contribution is 0.0950. The quantitative estimate of drug-likeness (QED) is 0.644. The van der Waals surface area contributed by atoms with E-state index in [0.717, 1.165) is 16.7 Å². The lowest BCUT2D eigenvalue weighted by atomic mass is 10.0. The monoisotopic (exact) mass is 408 g/mol. The SMILES string of the molecule is CCc1ccc(C(=O)NCc2cccnc2)cc1CS(=O)(=O)c1ccc(C)cc1. The first kappa shape index (κ1) is 20.7. The summed E-state index contributed by atoms with van der Waals surface area (Å²) in [6, 6.07) is 15.8. The zero-order valence-electron chi connectivity index (χ0n) is 16.6. The second-order valence-corrected chi connectivity index (χ2v) is 8.94. The van der Waals surface area contributed by atoms with Crippen molar-refractivity contribution in [3.8, 4) is 0 Å². The van der Waals surface area contributed by atoms with Gasteiger partial charge in [-0.25, -0.2) is 8.42 Å². The summed E-state index contributed by atoms with van der Waals surface area (Å²) in [4.78, 5) is 16.9. The number of carbonyl (C=O) groups excluding carboxylic acids is 1. The van der Waals surface area contributed by atoms with Crippen molar-refractivity contribution in [1.82, 2.24) is 10.3 Å². The van der Waals surface area contributed by atoms with Crippen molar-refractivity contribution in [2.75, 3.05) is 0 Å². The molecule has 0 saturated heterocycles. The van der Waals surface area contributed by atoms with Crippen LogP contribution in [0.5, 0.6) is 0 Å². The van der Waals surface area contributed by atoms with E-state index in [9.17, 15) is 13.2 Å². The van der Waals surface area contributed by atoms with Gasteiger partial charge < -0.3 is 5.32 Å². The Balaban J connectivity index is 1.81. The van der Waals surface area contributed by atoms with Gasteiger partial charge in [-0.1, -0.05) is 36.8 Å². The van der Waals surface area contributed by atoms with Crippen molar-refractivity contribution in [3.63, 3.8) is 0 Å². The number of nitrogens with one attached hydrogen (secondary N) is 1. The van der Waals surface area contributed by atoms with E-state index in [-0.39, 0.29) is 16.6 Å². The van der Waals surface area contributed by atoms with Crippen molar-refractivity contribution in [2.45, 2.75) is 37.5 Å². The van der Waals surface area contributed by atoms with E-state index in [1.807, 2.05) is 32.0 Å². The Morgan fingerprint density at radius 2 is 1.79 bits per heavy atom. The normalized spacial score (nSPS) is 11.2. The van der Waals surface area contributed by atoms with Gasteiger partial charge in [0.05, 0.1) is 10.6 Å². The van der Waals surface area contributed by atoms with Crippen LogP contribution in [0.1, 0.15) is 39.5 Å². The first-order valence-corrected chi connectivity index (χ1v) is 11.1. The van der Waals surface area contributed by atoms with Crippen molar-refractivity contribution in [2.24, 2.45) is 0 Å². The average molecular weight is 409 g/mol. The Hall–Kier alpha value is -2.99. The molecule has 1 aromatic heterocycles. The molecule has 0 aliphatic heterocycles. The molecule has 3 aromatic rings. The van der Waals surface area contributed by atoms with Gasteiger partial charge in [-0.3, -0.25) is 9.78 Å². The lowest BCUT2D eigenvalue weighted by Gasteiger charge is -2.12. The number of hydrogen-bond donors (Lipinski definition) is 1. The van der Waals surface area contributed by atoms with E-state index in [1.54, 1.807) is 48.8 Å². The van der Waals surface area contributed by atoms with Gasteiger partial charge in [0.2, 0.25) is 0 Å². The Bertz CT molecular complexity index is 1090. The van der Waals surface area contributed by atoms with Gasteiger partial charge in [-0.15, -0.1) is 0 Å². The molecule has 1 heterocycles. The molecule has 29 heavy (non-hydrogen) atoms. The van der Waals surface area contributed by atoms with E-state index in [0.29, 0.717) is 24.1 Å². The smallest absolute Gasteiger partial charge is 0.251 e. The number of nitrogens with zero attached hydrogens (tertiary/aromatic N) is 1. The molecule has 0 spiro atoms. The summed E-state index contributed by atoms with van der Waals surface area (Å²) in [6.07, 6.45) is 4.06. The molecule has 0 fully saturated rings. The molecule has 6 heteroatoms. The molecule has 2 aromatic carbocycles. The van der Waals surface area contributed by atoms with E-state index < -0.39 is 9.84 Å². The molecule has 0 atom stereocenters. The molecule has 1 N–H and O–H groups in total. The van der Waals surface area contributed by atoms with E-state index in [1.165, 1.54) is 0 Å². The molecule has 150 valence electrons. The fraction of sp³-hybridized carbons (Fsp3) is 0.217. The molecule has 1 amide bonds. The summed E-state index contributed by atoms with van der Waals surface area (Å²) >= 11 is 0. The minimum absolute atomic E-state index is 0.136. The highest BCUT2D eigenvalue weighted by molar-refractivity contribution is 7.90. The first-order chi connectivity index (χ1) is 13.9. The standard InChI is InChI=1S/C23H24N2O3S/c1-3-19-8-9-20(23(26)25-15-18-5-4-12-24-14-18)13-21(19)16-29(27,28)22-10-6-17(2)7-11-22/h4-14H,3,15-16H2,1-2H3,(H,25,26). The zero-order valence-corrected chi connectivity index (χ0v) is 17.4. The second kappa shape index (κ2) is 9.01. The molecule has 3 rings (SSSR count). The van der Waals surface area contributed by atoms with Crippen LogP contribution in [0.25, 0.3) is 0 Å². The van der Waals surface area contributed by atoms with Gasteiger partial charge in [-0.2, -0.15) is 0 Å². The topological polar surface area (TPSA) is 76.1 Å². The number of sulfone groups is 1. The molecule has 0 unspecified atom stereocenters. The first-order valence-electron chi connectivity index (χ1n) is 9.47. The highest BCUT2D eigenvalue weighted by Crippen LogP contribution is 2.21. The predicted molar refractivity (Wildman–Crippen MR) is 113 cm³/mol. The third kappa shape index (κ3) is 5.29. The van der Waals surface area contributed by atoms with Crippen LogP contribution >= 0.6 is 0 Å². The van der Waals surface area contributed by atoms with Gasteiger partial charge in [0.1, 0.15) is 0 Å². The van der Waals surface area contributed by atoms with Crippen molar-refractivity contribution in [3.05, 3.63) is 94.8 Å². The molecule has 0 radical (unpaired) electrons. The van der Waals surface area contributed by atoms with E-state index >= 15 is 0 Å². The largest absolute Gasteiger partial charge is 0.348 e. The fourth-order valence-corrected chi connectivity index (χ4v) is 4.46. The highest BCUT2D eigenvalue weighted by atomic mass is 32.2. The Morgan fingerprint density at radius 3 is 2.45 bits per heavy atom. The Labute approximate surface area is 171 Å². The number of rotatable bonds is 7. The van der Waals surface area contributed by atoms with Crippen molar-refractivity contribution >= 4 is 15.7 Å². The van der Waals surface area contributed by atoms with Gasteiger partial charge in [-0.05, 0) is 60.4 Å². The molecule has 0 aliphatic carbocycles. The summed E-state index contributed by atoms with van der Waals surface area (Å²) < 4.78 is 25.7. The molecule has 0 aliphatic rings. The van der Waals surface area contributed by atoms with Crippen LogP contribution in [-0.2, 0) is 28.6 Å². The van der Waals surface area contributed by atoms with Gasteiger partial charge in [0, 0.05) is 24.5 Å². The van der Waals surface area contributed by atoms with Crippen LogP contribution in [-0.4, -0.2) is 19.3 Å². The Kier molecular flexibility index (Phi) is 6.44. The molecular formula is C23H24N2O3S. The van der Waals surface area contributed by atoms with Crippen LogP contribution in [0, 0.1) is 6.92 Å². The number of carbonyl (C=O) groups is 1. The molecule has 5 nitrogen and oxygen atoms in total. The van der Waals surface area contributed by atoms with Crippen LogP contribution in [0.15, 0.2) is 71.9 Å². The summed E-state index contributed by atoms with van der Waals surface area (Å²) in [5.41, 5.74) is 3.92. The maximum Gasteiger partial charge on any atom is 0.251 e. The maximum atomic E-state index is 12.9. The minimum atomic E-state index is -3.50. The van der Waals surface area contributed by atoms with Crippen molar-refractivity contribution < 1.29 is 13.2 Å². The number of pyridine rings is 1. The fourth-order valence-electron chi connectivity index (χ4n) is 3.07. The minimum Gasteiger partial charge on any atom is -0.348 e. The third-order valence-electron chi connectivity index (χ3n) is 4.75. The van der Waals surface area contributed by atoms with Gasteiger partial charge >= 0.3 is 0 Å². The summed E-state index contributed by atoms with van der Waals surface area (Å²) in [5, 5.41) is 2.85. The van der Waals surface area contributed by atoms with E-state index in [2.05, 4.69) is 10.3 Å². The number of aryl methyl sites for hydroxylation is 2. The number of aromatic nitrogens is 1. The van der Waals surface area contributed by atoms with Crippen LogP contribution in [0.3, 0.4) is 0 Å². The van der Waals surface area contributed by atoms with E-state index in [4.69, 9.17) is 0 Å². The summed E-state index contributed by atoms with van der Waals surface area (Å²) in [7, 11) is -3.50. The van der Waals surface area contributed by atoms with Crippen LogP contribution in [0.2, 0.25) is 0 Å². The van der Waals surface area contributed by atoms with Crippen LogP contribution < -0.4 is 5.32 Å². The third-order valence-corrected chi connectivity index (χ3v) is 6.43. The number of hydrogen-bond acceptors (Lipinski definition) is 4. The molecule has 0 saturated carbocycles. The molecular weight excluding hydrogens is 384 g/mol. The highest BCUT2D eigenvalue weighted by Gasteiger charge is 2.18. The maximum absolute atomic E-state index is 12.9. The zero-order chi connectivity index (χ0) is 20.9. The summed E-state index contributed by atoms with van der Waals surface area (Å²) in [5.74, 6) is -0.381. The second-order valence-electron chi connectivity index (χ2n) is 6.95. The number of amides is 1. The Morgan fingerprint density at radius 1 is 1.03 bits per heavy atom. The molecule has 0 bridgehead atoms. The predicted octanol–water partition coefficient (Wildman–Crippen LogP) is 3.86.